The highest BCUT2D eigenvalue weighted by molar-refractivity contribution is 5.95. The fraction of sp³-hybridized carbons (Fsp3) is 0.387. The highest BCUT2D eigenvalue weighted by atomic mass is 16.5. The summed E-state index contributed by atoms with van der Waals surface area (Å²) in [6.07, 6.45) is 2.20. The maximum absolute atomic E-state index is 13.0. The number of hydrogen-bond acceptors (Lipinski definition) is 6. The Kier molecular flexibility index (Phi) is 8.86. The Balaban J connectivity index is 1.29. The first-order valence-electron chi connectivity index (χ1n) is 13.3. The van der Waals surface area contributed by atoms with E-state index in [1.165, 1.54) is 24.8 Å². The molecule has 8 heteroatoms. The zero-order valence-electron chi connectivity index (χ0n) is 23.2. The van der Waals surface area contributed by atoms with Crippen LogP contribution in [-0.2, 0) is 23.4 Å². The lowest BCUT2D eigenvalue weighted by Gasteiger charge is -2.22. The van der Waals surface area contributed by atoms with Crippen molar-refractivity contribution in [1.82, 2.24) is 9.80 Å². The average Bonchev–Trinajstić information content (AvgIpc) is 3.13. The smallest absolute Gasteiger partial charge is 0.253 e. The molecule has 1 aliphatic rings. The number of anilines is 1. The lowest BCUT2D eigenvalue weighted by atomic mass is 9.87. The molecule has 2 heterocycles. The van der Waals surface area contributed by atoms with E-state index in [-0.39, 0.29) is 28.4 Å². The van der Waals surface area contributed by atoms with Gasteiger partial charge in [0.05, 0.1) is 6.54 Å². The first kappa shape index (κ1) is 28.1. The van der Waals surface area contributed by atoms with Gasteiger partial charge in [0, 0.05) is 50.4 Å². The van der Waals surface area contributed by atoms with E-state index in [2.05, 4.69) is 43.1 Å². The lowest BCUT2D eigenvalue weighted by molar-refractivity contribution is -0.114. The van der Waals surface area contributed by atoms with E-state index in [4.69, 9.17) is 9.15 Å². The predicted molar refractivity (Wildman–Crippen MR) is 151 cm³/mol. The minimum Gasteiger partial charge on any atom is -0.482 e. The van der Waals surface area contributed by atoms with Gasteiger partial charge in [-0.25, -0.2) is 0 Å². The van der Waals surface area contributed by atoms with Crippen LogP contribution in [0.15, 0.2) is 70.1 Å². The summed E-state index contributed by atoms with van der Waals surface area (Å²) in [7, 11) is 0. The van der Waals surface area contributed by atoms with Crippen LogP contribution in [0.2, 0.25) is 0 Å². The minimum atomic E-state index is -0.211. The SMILES string of the molecule is CC(=O)Nc1ccc(C(=O)N2CCCN(Cc3cc(=O)c(OCc4ccc(C(C)(C)C)cc4)co3)CC2)cc1. The molecule has 39 heavy (non-hydrogen) atoms. The van der Waals surface area contributed by atoms with E-state index in [1.807, 2.05) is 17.0 Å². The third-order valence-electron chi connectivity index (χ3n) is 6.77. The second-order valence-corrected chi connectivity index (χ2v) is 11.0. The number of nitrogens with one attached hydrogen (secondary N) is 1. The van der Waals surface area contributed by atoms with Crippen molar-refractivity contribution < 1.29 is 18.7 Å². The van der Waals surface area contributed by atoms with Crippen LogP contribution in [0.25, 0.3) is 0 Å². The molecule has 0 atom stereocenters. The normalized spacial score (nSPS) is 14.5. The summed E-state index contributed by atoms with van der Waals surface area (Å²) in [5.41, 5.74) is 3.35. The van der Waals surface area contributed by atoms with Crippen LogP contribution >= 0.6 is 0 Å². The van der Waals surface area contributed by atoms with Gasteiger partial charge < -0.3 is 19.4 Å². The quantitative estimate of drug-likeness (QED) is 0.470. The summed E-state index contributed by atoms with van der Waals surface area (Å²) in [6.45, 7) is 11.4. The zero-order valence-corrected chi connectivity index (χ0v) is 23.2. The highest BCUT2D eigenvalue weighted by Gasteiger charge is 2.21. The van der Waals surface area contributed by atoms with E-state index in [1.54, 1.807) is 24.3 Å². The summed E-state index contributed by atoms with van der Waals surface area (Å²) in [6, 6.07) is 16.6. The molecule has 4 rings (SSSR count). The highest BCUT2D eigenvalue weighted by Crippen LogP contribution is 2.22. The number of ether oxygens (including phenoxy) is 1. The molecule has 2 aromatic carbocycles. The molecule has 206 valence electrons. The van der Waals surface area contributed by atoms with Crippen molar-refractivity contribution >= 4 is 17.5 Å². The Morgan fingerprint density at radius 1 is 0.974 bits per heavy atom. The van der Waals surface area contributed by atoms with Crippen LogP contribution in [0.4, 0.5) is 5.69 Å². The van der Waals surface area contributed by atoms with E-state index in [0.29, 0.717) is 49.8 Å². The average molecular weight is 532 g/mol. The molecule has 0 unspecified atom stereocenters. The zero-order chi connectivity index (χ0) is 28.0. The molecule has 3 aromatic rings. The molecule has 1 saturated heterocycles. The first-order valence-corrected chi connectivity index (χ1v) is 13.3. The van der Waals surface area contributed by atoms with Crippen LogP contribution in [0.5, 0.6) is 5.75 Å². The maximum atomic E-state index is 13.0. The van der Waals surface area contributed by atoms with Gasteiger partial charge in [0.25, 0.3) is 5.91 Å². The van der Waals surface area contributed by atoms with E-state index < -0.39 is 0 Å². The molecule has 1 fully saturated rings. The third kappa shape index (κ3) is 7.80. The Morgan fingerprint density at radius 3 is 2.33 bits per heavy atom. The molecule has 0 aliphatic carbocycles. The maximum Gasteiger partial charge on any atom is 0.253 e. The predicted octanol–water partition coefficient (Wildman–Crippen LogP) is 4.82. The van der Waals surface area contributed by atoms with Crippen molar-refractivity contribution in [2.45, 2.75) is 52.7 Å². The third-order valence-corrected chi connectivity index (χ3v) is 6.77. The van der Waals surface area contributed by atoms with Gasteiger partial charge in [-0.1, -0.05) is 45.0 Å². The Hall–Kier alpha value is -3.91. The van der Waals surface area contributed by atoms with Gasteiger partial charge in [-0.2, -0.15) is 0 Å². The number of hydrogen-bond donors (Lipinski definition) is 1. The van der Waals surface area contributed by atoms with Crippen molar-refractivity contribution in [2.24, 2.45) is 0 Å². The Morgan fingerprint density at radius 2 is 1.69 bits per heavy atom. The van der Waals surface area contributed by atoms with E-state index >= 15 is 0 Å². The van der Waals surface area contributed by atoms with Crippen LogP contribution < -0.4 is 15.5 Å². The summed E-state index contributed by atoms with van der Waals surface area (Å²) in [4.78, 5) is 40.9. The molecular formula is C31H37N3O5. The topological polar surface area (TPSA) is 92.1 Å². The second kappa shape index (κ2) is 12.3. The van der Waals surface area contributed by atoms with Gasteiger partial charge in [-0.3, -0.25) is 19.3 Å². The number of benzene rings is 2. The molecule has 0 saturated carbocycles. The van der Waals surface area contributed by atoms with Gasteiger partial charge in [0.15, 0.2) is 0 Å². The second-order valence-electron chi connectivity index (χ2n) is 11.0. The standard InChI is InChI=1S/C31H37N3O5/c1-22(35)32-26-12-8-24(9-13-26)30(37)34-15-5-14-33(16-17-34)19-27-18-28(36)29(21-38-27)39-20-23-6-10-25(11-7-23)31(2,3)4/h6-13,18,21H,5,14-17,19-20H2,1-4H3,(H,32,35). The van der Waals surface area contributed by atoms with Crippen LogP contribution in [-0.4, -0.2) is 47.8 Å². The van der Waals surface area contributed by atoms with Crippen molar-refractivity contribution in [3.8, 4) is 5.75 Å². The molecule has 0 radical (unpaired) electrons. The van der Waals surface area contributed by atoms with Gasteiger partial charge in [-0.05, 0) is 47.2 Å². The van der Waals surface area contributed by atoms with Crippen molar-refractivity contribution in [2.75, 3.05) is 31.5 Å². The van der Waals surface area contributed by atoms with Crippen LogP contribution in [0.3, 0.4) is 0 Å². The Labute approximate surface area is 229 Å². The van der Waals surface area contributed by atoms with E-state index in [9.17, 15) is 14.4 Å². The fourth-order valence-corrected chi connectivity index (χ4v) is 4.52. The van der Waals surface area contributed by atoms with Crippen molar-refractivity contribution in [3.63, 3.8) is 0 Å². The molecule has 0 bridgehead atoms. The number of carbonyl (C=O) groups excluding carboxylic acids is 2. The minimum absolute atomic E-state index is 0.0349. The fourth-order valence-electron chi connectivity index (χ4n) is 4.52. The van der Waals surface area contributed by atoms with Crippen LogP contribution in [0, 0.1) is 0 Å². The number of carbonyl (C=O) groups is 2. The molecule has 0 spiro atoms. The molecule has 8 nitrogen and oxygen atoms in total. The monoisotopic (exact) mass is 531 g/mol. The molecule has 2 amide bonds. The Bertz CT molecular complexity index is 1340. The molecule has 1 aliphatic heterocycles. The lowest BCUT2D eigenvalue weighted by Crippen LogP contribution is -2.35. The van der Waals surface area contributed by atoms with E-state index in [0.717, 1.165) is 18.5 Å². The molecule has 1 aromatic heterocycles. The van der Waals surface area contributed by atoms with Gasteiger partial charge >= 0.3 is 0 Å². The van der Waals surface area contributed by atoms with Gasteiger partial charge in [0.1, 0.15) is 18.6 Å². The van der Waals surface area contributed by atoms with Crippen molar-refractivity contribution in [1.29, 1.82) is 0 Å². The number of nitrogens with zero attached hydrogens (tertiary/aromatic N) is 2. The number of amides is 2. The number of rotatable bonds is 7. The van der Waals surface area contributed by atoms with Crippen molar-refractivity contribution in [3.05, 3.63) is 93.5 Å². The van der Waals surface area contributed by atoms with Gasteiger partial charge in [-0.15, -0.1) is 0 Å². The summed E-state index contributed by atoms with van der Waals surface area (Å²) < 4.78 is 11.5. The first-order chi connectivity index (χ1) is 18.6. The van der Waals surface area contributed by atoms with Crippen LogP contribution in [0.1, 0.15) is 61.4 Å². The summed E-state index contributed by atoms with van der Waals surface area (Å²) in [5.74, 6) is 0.569. The largest absolute Gasteiger partial charge is 0.482 e. The molecule has 1 N–H and O–H groups in total. The summed E-state index contributed by atoms with van der Waals surface area (Å²) in [5, 5.41) is 2.71. The van der Waals surface area contributed by atoms with Gasteiger partial charge in [0.2, 0.25) is 17.1 Å². The summed E-state index contributed by atoms with van der Waals surface area (Å²) >= 11 is 0. The molecular weight excluding hydrogens is 494 g/mol.